The lowest BCUT2D eigenvalue weighted by Gasteiger charge is -2.20. The zero-order valence-corrected chi connectivity index (χ0v) is 13.5. The van der Waals surface area contributed by atoms with Crippen molar-refractivity contribution in [3.8, 4) is 5.75 Å². The predicted molar refractivity (Wildman–Crippen MR) is 85.1 cm³/mol. The minimum Gasteiger partial charge on any atom is -0.495 e. The number of hydrogen-bond acceptors (Lipinski definition) is 2. The summed E-state index contributed by atoms with van der Waals surface area (Å²) in [5, 5.41) is 4.12. The molecular weight excluding hydrogens is 312 g/mol. The molecule has 1 N–H and O–H groups in total. The maximum Gasteiger partial charge on any atom is 0.138 e. The van der Waals surface area contributed by atoms with Crippen LogP contribution in [0, 0.1) is 12.7 Å². The van der Waals surface area contributed by atoms with E-state index in [0.717, 1.165) is 16.7 Å². The number of aryl methyl sites for hydroxylation is 1. The van der Waals surface area contributed by atoms with Crippen LogP contribution in [0.4, 0.5) is 4.39 Å². The molecule has 112 valence electrons. The molecule has 0 spiro atoms. The van der Waals surface area contributed by atoms with Crippen LogP contribution in [0.1, 0.15) is 22.7 Å². The van der Waals surface area contributed by atoms with Crippen LogP contribution in [0.3, 0.4) is 0 Å². The minimum absolute atomic E-state index is 0.254. The third-order valence-corrected chi connectivity index (χ3v) is 3.89. The highest BCUT2D eigenvalue weighted by atomic mass is 35.5. The van der Waals surface area contributed by atoms with Crippen molar-refractivity contribution in [1.29, 1.82) is 0 Å². The van der Waals surface area contributed by atoms with Crippen molar-refractivity contribution in [1.82, 2.24) is 5.32 Å². The first-order valence-electron chi connectivity index (χ1n) is 6.43. The monoisotopic (exact) mass is 327 g/mol. The Bertz CT molecular complexity index is 641. The van der Waals surface area contributed by atoms with Crippen LogP contribution >= 0.6 is 23.2 Å². The van der Waals surface area contributed by atoms with Crippen LogP contribution in [-0.2, 0) is 0 Å². The summed E-state index contributed by atoms with van der Waals surface area (Å²) in [5.41, 5.74) is 2.41. The van der Waals surface area contributed by atoms with Gasteiger partial charge in [-0.2, -0.15) is 0 Å². The molecule has 2 nitrogen and oxygen atoms in total. The third kappa shape index (κ3) is 3.49. The number of ether oxygens (including phenoxy) is 1. The fraction of sp³-hybridized carbons (Fsp3) is 0.250. The van der Waals surface area contributed by atoms with Crippen molar-refractivity contribution in [2.45, 2.75) is 13.0 Å². The molecule has 0 saturated heterocycles. The second-order valence-corrected chi connectivity index (χ2v) is 5.61. The van der Waals surface area contributed by atoms with Crippen molar-refractivity contribution in [3.05, 3.63) is 62.9 Å². The summed E-state index contributed by atoms with van der Waals surface area (Å²) >= 11 is 12.5. The Morgan fingerprint density at radius 1 is 1.10 bits per heavy atom. The Labute approximate surface area is 133 Å². The summed E-state index contributed by atoms with van der Waals surface area (Å²) < 4.78 is 18.8. The van der Waals surface area contributed by atoms with Crippen LogP contribution < -0.4 is 10.1 Å². The summed E-state index contributed by atoms with van der Waals surface area (Å²) in [7, 11) is 3.32. The highest BCUT2D eigenvalue weighted by Crippen LogP contribution is 2.36. The largest absolute Gasteiger partial charge is 0.495 e. The molecule has 5 heteroatoms. The number of halogens is 3. The molecule has 0 aliphatic rings. The van der Waals surface area contributed by atoms with Crippen molar-refractivity contribution < 1.29 is 9.13 Å². The maximum atomic E-state index is 13.6. The zero-order valence-electron chi connectivity index (χ0n) is 12.0. The summed E-state index contributed by atoms with van der Waals surface area (Å²) in [4.78, 5) is 0. The van der Waals surface area contributed by atoms with E-state index in [-0.39, 0.29) is 11.9 Å². The lowest BCUT2D eigenvalue weighted by atomic mass is 9.97. The average Bonchev–Trinajstić information content (AvgIpc) is 2.42. The van der Waals surface area contributed by atoms with Gasteiger partial charge in [0.15, 0.2) is 0 Å². The van der Waals surface area contributed by atoms with Gasteiger partial charge in [0.2, 0.25) is 0 Å². The average molecular weight is 328 g/mol. The van der Waals surface area contributed by atoms with Gasteiger partial charge in [-0.3, -0.25) is 0 Å². The molecule has 1 atom stereocenters. The Morgan fingerprint density at radius 3 is 2.38 bits per heavy atom. The van der Waals surface area contributed by atoms with E-state index in [1.54, 1.807) is 19.2 Å². The van der Waals surface area contributed by atoms with E-state index >= 15 is 0 Å². The molecule has 21 heavy (non-hydrogen) atoms. The number of methoxy groups -OCH3 is 1. The fourth-order valence-corrected chi connectivity index (χ4v) is 2.87. The van der Waals surface area contributed by atoms with Crippen molar-refractivity contribution >= 4 is 23.2 Å². The van der Waals surface area contributed by atoms with Gasteiger partial charge in [-0.15, -0.1) is 0 Å². The molecule has 2 aromatic rings. The quantitative estimate of drug-likeness (QED) is 0.874. The standard InChI is InChI=1S/C16H16Cl2FNO/c1-9-4-10(6-11(19)5-9)16(20-2)12-7-14(18)15(21-3)8-13(12)17/h4-8,16,20H,1-3H3. The molecule has 0 radical (unpaired) electrons. The highest BCUT2D eigenvalue weighted by molar-refractivity contribution is 6.34. The molecule has 0 bridgehead atoms. The van der Waals surface area contributed by atoms with Crippen LogP contribution in [0.5, 0.6) is 5.75 Å². The molecular formula is C16H16Cl2FNO. The third-order valence-electron chi connectivity index (χ3n) is 3.27. The van der Waals surface area contributed by atoms with Gasteiger partial charge in [0.25, 0.3) is 0 Å². The van der Waals surface area contributed by atoms with E-state index in [4.69, 9.17) is 27.9 Å². The predicted octanol–water partition coefficient (Wildman–Crippen LogP) is 4.76. The second-order valence-electron chi connectivity index (χ2n) is 4.79. The first kappa shape index (κ1) is 16.1. The van der Waals surface area contributed by atoms with E-state index < -0.39 is 0 Å². The van der Waals surface area contributed by atoms with Gasteiger partial charge >= 0.3 is 0 Å². The number of nitrogens with one attached hydrogen (secondary N) is 1. The van der Waals surface area contributed by atoms with Gasteiger partial charge in [-0.25, -0.2) is 4.39 Å². The van der Waals surface area contributed by atoms with Crippen LogP contribution in [-0.4, -0.2) is 14.2 Å². The summed E-state index contributed by atoms with van der Waals surface area (Å²) in [5.74, 6) is 0.233. The zero-order chi connectivity index (χ0) is 15.6. The molecule has 0 amide bonds. The van der Waals surface area contributed by atoms with Crippen LogP contribution in [0.25, 0.3) is 0 Å². The Morgan fingerprint density at radius 2 is 1.81 bits per heavy atom. The Balaban J connectivity index is 2.53. The van der Waals surface area contributed by atoms with Gasteiger partial charge < -0.3 is 10.1 Å². The van der Waals surface area contributed by atoms with Crippen molar-refractivity contribution in [2.75, 3.05) is 14.2 Å². The Hall–Kier alpha value is -1.29. The maximum absolute atomic E-state index is 13.6. The van der Waals surface area contributed by atoms with Crippen molar-refractivity contribution in [2.24, 2.45) is 0 Å². The highest BCUT2D eigenvalue weighted by Gasteiger charge is 2.18. The summed E-state index contributed by atoms with van der Waals surface area (Å²) in [6.45, 7) is 1.85. The van der Waals surface area contributed by atoms with Crippen LogP contribution in [0.15, 0.2) is 30.3 Å². The van der Waals surface area contributed by atoms with Gasteiger partial charge in [0, 0.05) is 11.1 Å². The van der Waals surface area contributed by atoms with Gasteiger partial charge in [0.1, 0.15) is 11.6 Å². The van der Waals surface area contributed by atoms with E-state index in [9.17, 15) is 4.39 Å². The Kier molecular flexibility index (Phi) is 5.09. The smallest absolute Gasteiger partial charge is 0.138 e. The number of hydrogen-bond donors (Lipinski definition) is 1. The van der Waals surface area contributed by atoms with E-state index in [2.05, 4.69) is 5.32 Å². The van der Waals surface area contributed by atoms with Crippen molar-refractivity contribution in [3.63, 3.8) is 0 Å². The molecule has 0 fully saturated rings. The molecule has 0 saturated carbocycles. The molecule has 1 unspecified atom stereocenters. The molecule has 0 aliphatic heterocycles. The lowest BCUT2D eigenvalue weighted by molar-refractivity contribution is 0.415. The molecule has 0 heterocycles. The second kappa shape index (κ2) is 6.65. The number of rotatable bonds is 4. The topological polar surface area (TPSA) is 21.3 Å². The first-order chi connectivity index (χ1) is 9.96. The molecule has 2 aromatic carbocycles. The van der Waals surface area contributed by atoms with Crippen LogP contribution in [0.2, 0.25) is 10.0 Å². The van der Waals surface area contributed by atoms with E-state index in [1.165, 1.54) is 19.2 Å². The van der Waals surface area contributed by atoms with Gasteiger partial charge in [0.05, 0.1) is 18.2 Å². The SMILES string of the molecule is CNC(c1cc(C)cc(F)c1)c1cc(Cl)c(OC)cc1Cl. The normalized spacial score (nSPS) is 12.3. The number of benzene rings is 2. The summed E-state index contributed by atoms with van der Waals surface area (Å²) in [6, 6.07) is 8.04. The fourth-order valence-electron chi connectivity index (χ4n) is 2.35. The van der Waals surface area contributed by atoms with Gasteiger partial charge in [-0.05, 0) is 48.9 Å². The van der Waals surface area contributed by atoms with Gasteiger partial charge in [-0.1, -0.05) is 29.3 Å². The summed E-state index contributed by atoms with van der Waals surface area (Å²) in [6.07, 6.45) is 0. The van der Waals surface area contributed by atoms with E-state index in [0.29, 0.717) is 15.8 Å². The minimum atomic E-state index is -0.277. The van der Waals surface area contributed by atoms with E-state index in [1.807, 2.05) is 13.0 Å². The first-order valence-corrected chi connectivity index (χ1v) is 7.19. The lowest BCUT2D eigenvalue weighted by Crippen LogP contribution is -2.18. The molecule has 0 aromatic heterocycles. The molecule has 2 rings (SSSR count). The molecule has 0 aliphatic carbocycles.